The summed E-state index contributed by atoms with van der Waals surface area (Å²) in [4.78, 5) is 10.7. The molecule has 5 heteroatoms. The zero-order valence-corrected chi connectivity index (χ0v) is 11.7. The number of rotatable bonds is 4. The molecule has 0 aromatic heterocycles. The maximum atomic E-state index is 11.1. The molecule has 0 heterocycles. The quantitative estimate of drug-likeness (QED) is 0.667. The summed E-state index contributed by atoms with van der Waals surface area (Å²) in [5, 5.41) is 23.3. The molecule has 0 bridgehead atoms. The second-order valence-electron chi connectivity index (χ2n) is 5.80. The van der Waals surface area contributed by atoms with Crippen LogP contribution in [0.25, 0.3) is 0 Å². The molecular weight excluding hydrogens is 254 g/mol. The molecule has 1 aromatic carbocycles. The van der Waals surface area contributed by atoms with Gasteiger partial charge in [0.2, 0.25) is 0 Å². The van der Waals surface area contributed by atoms with Crippen molar-refractivity contribution in [2.24, 2.45) is 5.41 Å². The second kappa shape index (κ2) is 5.91. The van der Waals surface area contributed by atoms with Crippen molar-refractivity contribution in [1.29, 1.82) is 5.26 Å². The minimum Gasteiger partial charge on any atom is -0.379 e. The Balaban J connectivity index is 2.17. The van der Waals surface area contributed by atoms with E-state index in [1.165, 1.54) is 25.3 Å². The molecular formula is C15H19N3O2. The molecule has 1 fully saturated rings. The first-order chi connectivity index (χ1) is 9.56. The van der Waals surface area contributed by atoms with Gasteiger partial charge < -0.3 is 5.32 Å². The molecule has 1 aliphatic carbocycles. The number of nitrogens with zero attached hydrogens (tertiary/aromatic N) is 2. The van der Waals surface area contributed by atoms with Gasteiger partial charge in [-0.3, -0.25) is 10.1 Å². The normalized spacial score (nSPS) is 17.2. The smallest absolute Gasteiger partial charge is 0.309 e. The molecule has 5 nitrogen and oxygen atoms in total. The number of nitriles is 1. The summed E-state index contributed by atoms with van der Waals surface area (Å²) >= 11 is 0. The molecule has 1 N–H and O–H groups in total. The van der Waals surface area contributed by atoms with E-state index in [-0.39, 0.29) is 16.7 Å². The van der Waals surface area contributed by atoms with E-state index in [2.05, 4.69) is 12.2 Å². The average Bonchev–Trinajstić information content (AvgIpc) is 2.45. The maximum Gasteiger partial charge on any atom is 0.309 e. The number of benzene rings is 1. The third-order valence-electron chi connectivity index (χ3n) is 4.11. The third kappa shape index (κ3) is 3.08. The van der Waals surface area contributed by atoms with Crippen molar-refractivity contribution >= 4 is 11.4 Å². The minimum absolute atomic E-state index is 0.105. The first kappa shape index (κ1) is 14.3. The Bertz CT molecular complexity index is 543. The van der Waals surface area contributed by atoms with Gasteiger partial charge in [0.1, 0.15) is 17.3 Å². The highest BCUT2D eigenvalue weighted by molar-refractivity contribution is 5.68. The van der Waals surface area contributed by atoms with Gasteiger partial charge in [0.25, 0.3) is 0 Å². The van der Waals surface area contributed by atoms with E-state index in [9.17, 15) is 10.1 Å². The topological polar surface area (TPSA) is 79.0 Å². The van der Waals surface area contributed by atoms with Crippen LogP contribution in [-0.2, 0) is 0 Å². The van der Waals surface area contributed by atoms with Gasteiger partial charge in [-0.1, -0.05) is 32.3 Å². The lowest BCUT2D eigenvalue weighted by atomic mass is 9.75. The van der Waals surface area contributed by atoms with Crippen molar-refractivity contribution in [3.63, 3.8) is 0 Å². The van der Waals surface area contributed by atoms with Crippen LogP contribution < -0.4 is 5.32 Å². The number of hydrogen-bond acceptors (Lipinski definition) is 4. The Morgan fingerprint density at radius 2 is 2.10 bits per heavy atom. The lowest BCUT2D eigenvalue weighted by molar-refractivity contribution is -0.384. The van der Waals surface area contributed by atoms with E-state index >= 15 is 0 Å². The largest absolute Gasteiger partial charge is 0.379 e. The van der Waals surface area contributed by atoms with Gasteiger partial charge in [0.05, 0.1) is 4.92 Å². The highest BCUT2D eigenvalue weighted by atomic mass is 16.6. The Labute approximate surface area is 118 Å². The second-order valence-corrected chi connectivity index (χ2v) is 5.80. The summed E-state index contributed by atoms with van der Waals surface area (Å²) in [5.74, 6) is 0. The van der Waals surface area contributed by atoms with Crippen molar-refractivity contribution in [2.75, 3.05) is 11.9 Å². The van der Waals surface area contributed by atoms with E-state index in [1.807, 2.05) is 6.07 Å². The molecule has 2 rings (SSSR count). The Morgan fingerprint density at radius 3 is 2.70 bits per heavy atom. The molecule has 1 saturated carbocycles. The van der Waals surface area contributed by atoms with Crippen LogP contribution in [0, 0.1) is 26.9 Å². The van der Waals surface area contributed by atoms with Gasteiger partial charge in [0.15, 0.2) is 0 Å². The standard InChI is InChI=1S/C15H19N3O2/c1-15(8-3-2-4-9-15)11-17-13-7-5-6-12(10-16)14(13)18(19)20/h5-7,17H,2-4,8-9,11H2,1H3. The predicted molar refractivity (Wildman–Crippen MR) is 77.5 cm³/mol. The highest BCUT2D eigenvalue weighted by Crippen LogP contribution is 2.37. The van der Waals surface area contributed by atoms with Gasteiger partial charge >= 0.3 is 5.69 Å². The number of para-hydroxylation sites is 1. The first-order valence-electron chi connectivity index (χ1n) is 6.97. The van der Waals surface area contributed by atoms with Crippen molar-refractivity contribution in [1.82, 2.24) is 0 Å². The van der Waals surface area contributed by atoms with E-state index in [0.29, 0.717) is 12.2 Å². The first-order valence-corrected chi connectivity index (χ1v) is 6.97. The van der Waals surface area contributed by atoms with Crippen LogP contribution in [0.15, 0.2) is 18.2 Å². The molecule has 0 amide bonds. The van der Waals surface area contributed by atoms with E-state index in [1.54, 1.807) is 12.1 Å². The van der Waals surface area contributed by atoms with Crippen LogP contribution in [0.3, 0.4) is 0 Å². The molecule has 0 spiro atoms. The monoisotopic (exact) mass is 273 g/mol. The van der Waals surface area contributed by atoms with Crippen LogP contribution in [-0.4, -0.2) is 11.5 Å². The number of nitro benzene ring substituents is 1. The lowest BCUT2D eigenvalue weighted by Crippen LogP contribution is -2.29. The van der Waals surface area contributed by atoms with Gasteiger partial charge in [-0.05, 0) is 30.4 Å². The van der Waals surface area contributed by atoms with Crippen molar-refractivity contribution in [3.05, 3.63) is 33.9 Å². The average molecular weight is 273 g/mol. The van der Waals surface area contributed by atoms with Crippen LogP contribution in [0.2, 0.25) is 0 Å². The summed E-state index contributed by atoms with van der Waals surface area (Å²) in [6, 6.07) is 6.71. The van der Waals surface area contributed by atoms with E-state index in [4.69, 9.17) is 5.26 Å². The Hall–Kier alpha value is -2.09. The molecule has 0 saturated heterocycles. The SMILES string of the molecule is CC1(CNc2cccc(C#N)c2[N+](=O)[O-])CCCCC1. The third-order valence-corrected chi connectivity index (χ3v) is 4.11. The number of nitro groups is 1. The molecule has 1 aromatic rings. The lowest BCUT2D eigenvalue weighted by Gasteiger charge is -2.33. The number of nitrogens with one attached hydrogen (secondary N) is 1. The number of hydrogen-bond donors (Lipinski definition) is 1. The summed E-state index contributed by atoms with van der Waals surface area (Å²) < 4.78 is 0. The van der Waals surface area contributed by atoms with Crippen LogP contribution >= 0.6 is 0 Å². The zero-order valence-electron chi connectivity index (χ0n) is 11.7. The van der Waals surface area contributed by atoms with Crippen LogP contribution in [0.4, 0.5) is 11.4 Å². The minimum atomic E-state index is -0.482. The maximum absolute atomic E-state index is 11.1. The van der Waals surface area contributed by atoms with Crippen molar-refractivity contribution < 1.29 is 4.92 Å². The molecule has 0 atom stereocenters. The molecule has 20 heavy (non-hydrogen) atoms. The summed E-state index contributed by atoms with van der Waals surface area (Å²) in [6.45, 7) is 2.93. The Kier molecular flexibility index (Phi) is 4.23. The molecule has 0 radical (unpaired) electrons. The van der Waals surface area contributed by atoms with Gasteiger partial charge in [0, 0.05) is 6.54 Å². The summed E-state index contributed by atoms with van der Waals surface area (Å²) in [6.07, 6.45) is 6.01. The van der Waals surface area contributed by atoms with Gasteiger partial charge in [-0.2, -0.15) is 5.26 Å². The zero-order chi connectivity index (χ0) is 14.6. The fourth-order valence-electron chi connectivity index (χ4n) is 2.86. The molecule has 0 unspecified atom stereocenters. The van der Waals surface area contributed by atoms with Crippen molar-refractivity contribution in [2.45, 2.75) is 39.0 Å². The fraction of sp³-hybridized carbons (Fsp3) is 0.533. The summed E-state index contributed by atoms with van der Waals surface area (Å²) in [7, 11) is 0. The summed E-state index contributed by atoms with van der Waals surface area (Å²) in [5.41, 5.74) is 0.624. The van der Waals surface area contributed by atoms with Crippen LogP contribution in [0.5, 0.6) is 0 Å². The molecule has 106 valence electrons. The van der Waals surface area contributed by atoms with E-state index < -0.39 is 4.92 Å². The van der Waals surface area contributed by atoms with Gasteiger partial charge in [-0.25, -0.2) is 0 Å². The molecule has 0 aliphatic heterocycles. The van der Waals surface area contributed by atoms with Crippen LogP contribution in [0.1, 0.15) is 44.6 Å². The highest BCUT2D eigenvalue weighted by Gasteiger charge is 2.28. The van der Waals surface area contributed by atoms with Crippen molar-refractivity contribution in [3.8, 4) is 6.07 Å². The predicted octanol–water partition coefficient (Wildman–Crippen LogP) is 3.85. The Morgan fingerprint density at radius 1 is 1.40 bits per heavy atom. The van der Waals surface area contributed by atoms with Gasteiger partial charge in [-0.15, -0.1) is 0 Å². The fourth-order valence-corrected chi connectivity index (χ4v) is 2.86. The number of anilines is 1. The van der Waals surface area contributed by atoms with E-state index in [0.717, 1.165) is 12.8 Å². The molecule has 1 aliphatic rings.